The molecule has 80 valence electrons. The van der Waals surface area contributed by atoms with Gasteiger partial charge in [-0.3, -0.25) is 10.1 Å². The molecule has 14 heavy (non-hydrogen) atoms. The van der Waals surface area contributed by atoms with Crippen molar-refractivity contribution in [2.45, 2.75) is 33.3 Å². The van der Waals surface area contributed by atoms with Gasteiger partial charge in [-0.25, -0.2) is 4.79 Å². The topological polar surface area (TPSA) is 67.4 Å². The Labute approximate surface area is 83.5 Å². The third-order valence-corrected chi connectivity index (χ3v) is 0.970. The first-order valence-corrected chi connectivity index (χ1v) is 4.23. The highest BCUT2D eigenvalue weighted by Gasteiger charge is 2.14. The molecule has 5 nitrogen and oxygen atoms in total. The quantitative estimate of drug-likeness (QED) is 0.701. The predicted molar refractivity (Wildman–Crippen MR) is 52.3 cm³/mol. The van der Waals surface area contributed by atoms with Crippen LogP contribution in [0.3, 0.4) is 0 Å². The first kappa shape index (κ1) is 12.5. The van der Waals surface area contributed by atoms with Crippen LogP contribution in [0.25, 0.3) is 0 Å². The van der Waals surface area contributed by atoms with Crippen molar-refractivity contribution < 1.29 is 14.3 Å². The summed E-state index contributed by atoms with van der Waals surface area (Å²) in [7, 11) is 0. The Kier molecular flexibility index (Phi) is 4.69. The minimum atomic E-state index is -0.556. The molecular weight excluding hydrogens is 184 g/mol. The second-order valence-electron chi connectivity index (χ2n) is 3.68. The van der Waals surface area contributed by atoms with Crippen LogP contribution in [-0.2, 0) is 9.53 Å². The van der Waals surface area contributed by atoms with Gasteiger partial charge in [-0.2, -0.15) is 0 Å². The summed E-state index contributed by atoms with van der Waals surface area (Å²) in [6.45, 7) is 6.68. The van der Waals surface area contributed by atoms with Crippen molar-refractivity contribution in [1.29, 1.82) is 0 Å². The van der Waals surface area contributed by atoms with E-state index in [2.05, 4.69) is 10.6 Å². The first-order valence-electron chi connectivity index (χ1n) is 4.23. The maximum atomic E-state index is 11.0. The molecule has 0 saturated carbocycles. The maximum absolute atomic E-state index is 11.0. The molecule has 5 heteroatoms. The van der Waals surface area contributed by atoms with Crippen LogP contribution >= 0.6 is 0 Å². The standard InChI is InChI=1S/C9H16N2O3/c1-7(12)10-5-6-11-8(13)14-9(2,3)4/h5-6H,1-4H3,(H,10,12)(H,11,13)/b6-5-. The van der Waals surface area contributed by atoms with Crippen molar-refractivity contribution in [2.75, 3.05) is 0 Å². The molecule has 0 aliphatic carbocycles. The van der Waals surface area contributed by atoms with E-state index in [1.165, 1.54) is 19.3 Å². The normalized spacial score (nSPS) is 11.1. The molecule has 0 radical (unpaired) electrons. The number of carbonyl (C=O) groups excluding carboxylic acids is 2. The molecular formula is C9H16N2O3. The van der Waals surface area contributed by atoms with E-state index in [-0.39, 0.29) is 5.91 Å². The number of rotatable bonds is 2. The second-order valence-corrected chi connectivity index (χ2v) is 3.68. The highest BCUT2D eigenvalue weighted by molar-refractivity contribution is 5.74. The molecule has 0 unspecified atom stereocenters. The zero-order valence-corrected chi connectivity index (χ0v) is 8.88. The van der Waals surface area contributed by atoms with Crippen molar-refractivity contribution >= 4 is 12.0 Å². The summed E-state index contributed by atoms with van der Waals surface area (Å²) in [6.07, 6.45) is 2.07. The van der Waals surface area contributed by atoms with Gasteiger partial charge in [-0.05, 0) is 20.8 Å². The van der Waals surface area contributed by atoms with Crippen molar-refractivity contribution in [1.82, 2.24) is 10.6 Å². The summed E-state index contributed by atoms with van der Waals surface area (Å²) < 4.78 is 4.93. The fourth-order valence-corrected chi connectivity index (χ4v) is 0.576. The minimum absolute atomic E-state index is 0.202. The van der Waals surface area contributed by atoms with Crippen LogP contribution in [-0.4, -0.2) is 17.6 Å². The number of amides is 2. The van der Waals surface area contributed by atoms with Crippen molar-refractivity contribution in [3.63, 3.8) is 0 Å². The lowest BCUT2D eigenvalue weighted by Gasteiger charge is -2.18. The van der Waals surface area contributed by atoms with Gasteiger partial charge in [0, 0.05) is 19.3 Å². The Bertz CT molecular complexity index is 241. The fraction of sp³-hybridized carbons (Fsp3) is 0.556. The van der Waals surface area contributed by atoms with E-state index in [1.807, 2.05) is 0 Å². The number of carbonyl (C=O) groups is 2. The molecule has 0 bridgehead atoms. The van der Waals surface area contributed by atoms with Gasteiger partial charge in [0.1, 0.15) is 5.60 Å². The molecule has 0 aliphatic heterocycles. The molecule has 2 N–H and O–H groups in total. The van der Waals surface area contributed by atoms with Gasteiger partial charge in [-0.15, -0.1) is 0 Å². The summed E-state index contributed by atoms with van der Waals surface area (Å²) >= 11 is 0. The molecule has 0 spiro atoms. The maximum Gasteiger partial charge on any atom is 0.411 e. The van der Waals surface area contributed by atoms with E-state index >= 15 is 0 Å². The molecule has 0 saturated heterocycles. The Balaban J connectivity index is 3.75. The van der Waals surface area contributed by atoms with Gasteiger partial charge >= 0.3 is 6.09 Å². The summed E-state index contributed by atoms with van der Waals surface area (Å²) in [4.78, 5) is 21.4. The molecule has 2 amide bonds. The van der Waals surface area contributed by atoms with Gasteiger partial charge in [0.2, 0.25) is 5.91 Å². The Morgan fingerprint density at radius 2 is 1.64 bits per heavy atom. The molecule has 0 atom stereocenters. The first-order chi connectivity index (χ1) is 6.31. The van der Waals surface area contributed by atoms with Crippen LogP contribution in [0, 0.1) is 0 Å². The average Bonchev–Trinajstić information content (AvgIpc) is 1.94. The third kappa shape index (κ3) is 8.58. The summed E-state index contributed by atoms with van der Waals surface area (Å²) in [5, 5.41) is 4.71. The Morgan fingerprint density at radius 1 is 1.14 bits per heavy atom. The van der Waals surface area contributed by atoms with Crippen LogP contribution in [0.4, 0.5) is 4.79 Å². The molecule has 0 aliphatic rings. The lowest BCUT2D eigenvalue weighted by atomic mass is 10.2. The van der Waals surface area contributed by atoms with Crippen LogP contribution in [0.5, 0.6) is 0 Å². The van der Waals surface area contributed by atoms with Gasteiger partial charge in [0.15, 0.2) is 0 Å². The number of hydrogen-bond donors (Lipinski definition) is 2. The van der Waals surface area contributed by atoms with E-state index in [1.54, 1.807) is 20.8 Å². The fourth-order valence-electron chi connectivity index (χ4n) is 0.576. The van der Waals surface area contributed by atoms with Crippen LogP contribution < -0.4 is 10.6 Å². The summed E-state index contributed by atoms with van der Waals surface area (Å²) in [5.74, 6) is -0.202. The van der Waals surface area contributed by atoms with E-state index in [0.717, 1.165) is 0 Å². The zero-order chi connectivity index (χ0) is 11.2. The van der Waals surface area contributed by atoms with Gasteiger partial charge in [-0.1, -0.05) is 0 Å². The highest BCUT2D eigenvalue weighted by atomic mass is 16.6. The Morgan fingerprint density at radius 3 is 2.07 bits per heavy atom. The lowest BCUT2D eigenvalue weighted by molar-refractivity contribution is -0.118. The van der Waals surface area contributed by atoms with Crippen LogP contribution in [0.1, 0.15) is 27.7 Å². The number of alkyl carbamates (subject to hydrolysis) is 1. The summed E-state index contributed by atoms with van der Waals surface area (Å²) in [5.41, 5.74) is -0.522. The Hall–Kier alpha value is -1.52. The van der Waals surface area contributed by atoms with E-state index < -0.39 is 11.7 Å². The lowest BCUT2D eigenvalue weighted by Crippen LogP contribution is -2.30. The summed E-state index contributed by atoms with van der Waals surface area (Å²) in [6, 6.07) is 0. The SMILES string of the molecule is CC(=O)N/C=C\NC(=O)OC(C)(C)C. The third-order valence-electron chi connectivity index (χ3n) is 0.970. The average molecular weight is 200 g/mol. The van der Waals surface area contributed by atoms with Crippen molar-refractivity contribution in [3.05, 3.63) is 12.4 Å². The van der Waals surface area contributed by atoms with Crippen molar-refractivity contribution in [2.24, 2.45) is 0 Å². The molecule has 0 aromatic rings. The molecule has 0 aromatic carbocycles. The van der Waals surface area contributed by atoms with E-state index in [9.17, 15) is 9.59 Å². The predicted octanol–water partition coefficient (Wildman–Crippen LogP) is 1.12. The highest BCUT2D eigenvalue weighted by Crippen LogP contribution is 2.05. The molecule has 0 rings (SSSR count). The number of hydrogen-bond acceptors (Lipinski definition) is 3. The largest absolute Gasteiger partial charge is 0.444 e. The van der Waals surface area contributed by atoms with Gasteiger partial charge in [0.05, 0.1) is 0 Å². The number of nitrogens with one attached hydrogen (secondary N) is 2. The van der Waals surface area contributed by atoms with E-state index in [4.69, 9.17) is 4.74 Å². The van der Waals surface area contributed by atoms with E-state index in [0.29, 0.717) is 0 Å². The second kappa shape index (κ2) is 5.26. The zero-order valence-electron chi connectivity index (χ0n) is 8.88. The van der Waals surface area contributed by atoms with Crippen LogP contribution in [0.15, 0.2) is 12.4 Å². The minimum Gasteiger partial charge on any atom is -0.444 e. The number of ether oxygens (including phenoxy) is 1. The molecule has 0 fully saturated rings. The van der Waals surface area contributed by atoms with Gasteiger partial charge < -0.3 is 10.1 Å². The van der Waals surface area contributed by atoms with Gasteiger partial charge in [0.25, 0.3) is 0 Å². The molecule has 0 heterocycles. The smallest absolute Gasteiger partial charge is 0.411 e. The van der Waals surface area contributed by atoms with Crippen LogP contribution in [0.2, 0.25) is 0 Å². The monoisotopic (exact) mass is 200 g/mol. The van der Waals surface area contributed by atoms with Crippen molar-refractivity contribution in [3.8, 4) is 0 Å². The molecule has 0 aromatic heterocycles.